The summed E-state index contributed by atoms with van der Waals surface area (Å²) in [6.07, 6.45) is 0. The molecule has 0 saturated carbocycles. The van der Waals surface area contributed by atoms with Crippen LogP contribution < -0.4 is 10.1 Å². The Morgan fingerprint density at radius 2 is 1.88 bits per heavy atom. The van der Waals surface area contributed by atoms with Crippen molar-refractivity contribution in [2.24, 2.45) is 10.3 Å². The lowest BCUT2D eigenvalue weighted by Gasteiger charge is -2.16. The van der Waals surface area contributed by atoms with E-state index in [0.29, 0.717) is 11.1 Å². The number of ether oxygens (including phenoxy) is 1. The van der Waals surface area contributed by atoms with E-state index in [4.69, 9.17) is 9.68 Å². The zero-order valence-corrected chi connectivity index (χ0v) is 19.1. The van der Waals surface area contributed by atoms with Crippen molar-refractivity contribution in [3.05, 3.63) is 64.5 Å². The van der Waals surface area contributed by atoms with Crippen molar-refractivity contribution in [1.82, 2.24) is 5.32 Å². The molecular formula is C21H23F3N3O4P. The number of alkyl halides is 2. The van der Waals surface area contributed by atoms with Crippen molar-refractivity contribution in [2.45, 2.75) is 26.3 Å². The summed E-state index contributed by atoms with van der Waals surface area (Å²) < 4.78 is 45.4. The van der Waals surface area contributed by atoms with Gasteiger partial charge in [-0.25, -0.2) is 4.39 Å². The van der Waals surface area contributed by atoms with Gasteiger partial charge < -0.3 is 19.7 Å². The number of likely N-dealkylation sites (N-methyl/N-ethyl adjacent to an activating group) is 1. The van der Waals surface area contributed by atoms with Crippen molar-refractivity contribution in [2.75, 3.05) is 14.2 Å². The van der Waals surface area contributed by atoms with Crippen molar-refractivity contribution >= 4 is 26.6 Å². The predicted octanol–water partition coefficient (Wildman–Crippen LogP) is 3.98. The quantitative estimate of drug-likeness (QED) is 0.342. The molecule has 172 valence electrons. The summed E-state index contributed by atoms with van der Waals surface area (Å²) >= 11 is 0. The number of rotatable bonds is 9. The van der Waals surface area contributed by atoms with Gasteiger partial charge in [-0.05, 0) is 40.8 Å². The average molecular weight is 469 g/mol. The van der Waals surface area contributed by atoms with E-state index >= 15 is 0 Å². The Balaban J connectivity index is 2.35. The number of aryl methyl sites for hydroxylation is 1. The first kappa shape index (κ1) is 25.1. The summed E-state index contributed by atoms with van der Waals surface area (Å²) in [5, 5.41) is 10.1. The lowest BCUT2D eigenvalue weighted by Crippen LogP contribution is -2.29. The van der Waals surface area contributed by atoms with Gasteiger partial charge >= 0.3 is 5.85 Å². The van der Waals surface area contributed by atoms with Crippen LogP contribution in [0.1, 0.15) is 29.2 Å². The summed E-state index contributed by atoms with van der Waals surface area (Å²) in [6.45, 7) is 3.09. The number of hydrogen-bond acceptors (Lipinski definition) is 6. The molecule has 2 aromatic carbocycles. The number of nitrogens with one attached hydrogen (secondary N) is 1. The summed E-state index contributed by atoms with van der Waals surface area (Å²) in [5.74, 6) is -5.24. The van der Waals surface area contributed by atoms with Gasteiger partial charge in [0, 0.05) is 18.2 Å². The third-order valence-electron chi connectivity index (χ3n) is 4.28. The summed E-state index contributed by atoms with van der Waals surface area (Å²) in [6, 6.07) is 8.75. The minimum absolute atomic E-state index is 0.0143. The van der Waals surface area contributed by atoms with Gasteiger partial charge in [-0.3, -0.25) is 4.79 Å². The maximum absolute atomic E-state index is 14.3. The third-order valence-corrected chi connectivity index (χ3v) is 4.40. The monoisotopic (exact) mass is 469 g/mol. The summed E-state index contributed by atoms with van der Waals surface area (Å²) in [5.41, 5.74) is 1.58. The fourth-order valence-corrected chi connectivity index (χ4v) is 2.99. The minimum Gasteiger partial charge on any atom is -0.429 e. The van der Waals surface area contributed by atoms with Crippen LogP contribution in [-0.4, -0.2) is 37.3 Å². The molecule has 7 nitrogen and oxygen atoms in total. The van der Waals surface area contributed by atoms with Gasteiger partial charge in [0.1, 0.15) is 25.3 Å². The number of oxime groups is 2. The molecule has 0 aliphatic rings. The molecule has 0 fully saturated rings. The Bertz CT molecular complexity index is 1040. The lowest BCUT2D eigenvalue weighted by atomic mass is 9.98. The highest BCUT2D eigenvalue weighted by Gasteiger charge is 2.27. The fourth-order valence-electron chi connectivity index (χ4n) is 2.86. The Hall–Kier alpha value is -3.13. The zero-order chi connectivity index (χ0) is 23.9. The van der Waals surface area contributed by atoms with Crippen LogP contribution in [-0.2, 0) is 21.1 Å². The number of benzene rings is 2. The van der Waals surface area contributed by atoms with E-state index in [2.05, 4.69) is 20.4 Å². The summed E-state index contributed by atoms with van der Waals surface area (Å²) in [7, 11) is 4.00. The van der Waals surface area contributed by atoms with E-state index in [-0.39, 0.29) is 29.3 Å². The molecule has 0 saturated heterocycles. The van der Waals surface area contributed by atoms with Gasteiger partial charge in [0.15, 0.2) is 5.71 Å². The first-order valence-corrected chi connectivity index (χ1v) is 9.90. The zero-order valence-electron chi connectivity index (χ0n) is 17.9. The maximum Gasteiger partial charge on any atom is 0.408 e. The lowest BCUT2D eigenvalue weighted by molar-refractivity contribution is -0.114. The molecule has 2 aromatic rings. The van der Waals surface area contributed by atoms with E-state index in [9.17, 15) is 18.0 Å². The van der Waals surface area contributed by atoms with Crippen molar-refractivity contribution in [1.29, 1.82) is 0 Å². The Labute approximate surface area is 185 Å². The van der Waals surface area contributed by atoms with Crippen LogP contribution in [0.25, 0.3) is 0 Å². The van der Waals surface area contributed by atoms with Gasteiger partial charge in [-0.15, -0.1) is 0 Å². The van der Waals surface area contributed by atoms with Crippen LogP contribution >= 0.6 is 9.24 Å². The first-order valence-electron chi connectivity index (χ1n) is 9.32. The smallest absolute Gasteiger partial charge is 0.408 e. The second kappa shape index (κ2) is 10.9. The van der Waals surface area contributed by atoms with Gasteiger partial charge in [-0.2, -0.15) is 8.78 Å². The molecule has 11 heteroatoms. The number of carbonyl (C=O) groups is 1. The van der Waals surface area contributed by atoms with E-state index in [1.54, 1.807) is 25.1 Å². The Morgan fingerprint density at radius 3 is 2.50 bits per heavy atom. The molecule has 2 rings (SSSR count). The average Bonchev–Trinajstić information content (AvgIpc) is 2.71. The third kappa shape index (κ3) is 6.43. The molecule has 1 unspecified atom stereocenters. The molecule has 1 atom stereocenters. The predicted molar refractivity (Wildman–Crippen MR) is 117 cm³/mol. The molecule has 1 N–H and O–H groups in total. The van der Waals surface area contributed by atoms with Crippen molar-refractivity contribution in [3.8, 4) is 5.75 Å². The molecule has 32 heavy (non-hydrogen) atoms. The molecule has 0 aliphatic carbocycles. The molecule has 0 radical (unpaired) electrons. The van der Waals surface area contributed by atoms with E-state index in [1.165, 1.54) is 42.5 Å². The van der Waals surface area contributed by atoms with Gasteiger partial charge in [-0.1, -0.05) is 34.6 Å². The highest BCUT2D eigenvalue weighted by Crippen LogP contribution is 2.31. The fraction of sp³-hybridized carbons (Fsp3) is 0.286. The molecule has 0 heterocycles. The highest BCUT2D eigenvalue weighted by atomic mass is 31.0. The van der Waals surface area contributed by atoms with Crippen LogP contribution in [0.4, 0.5) is 13.2 Å². The second-order valence-corrected chi connectivity index (χ2v) is 7.20. The Kier molecular flexibility index (Phi) is 8.60. The standard InChI is InChI=1S/C21H23F3N3O4P/c1-12-7-5-8-14(19(27-29-4)20(28)25-3)15(12)11-30-26-13(2)18-16(22)9-6-10-17(18)31-21(23,24)32/h5-10H,11,32H2,1-4H3,(H,25,28)/b26-13+,27-19+. The van der Waals surface area contributed by atoms with Crippen molar-refractivity contribution < 1.29 is 32.4 Å². The maximum atomic E-state index is 14.3. The Morgan fingerprint density at radius 1 is 1.19 bits per heavy atom. The molecule has 0 spiro atoms. The molecule has 1 amide bonds. The van der Waals surface area contributed by atoms with Crippen LogP contribution in [0.15, 0.2) is 46.7 Å². The van der Waals surface area contributed by atoms with Crippen LogP contribution in [0, 0.1) is 12.7 Å². The molecular weight excluding hydrogens is 446 g/mol. The SMILES string of the molecule is CNC(=O)/C(=N/OC)c1cccc(C)c1CO/N=C(\C)c1c(F)cccc1OC(F)(F)P. The van der Waals surface area contributed by atoms with Gasteiger partial charge in [0.05, 0.1) is 11.3 Å². The van der Waals surface area contributed by atoms with Gasteiger partial charge in [0.25, 0.3) is 5.91 Å². The van der Waals surface area contributed by atoms with Crippen molar-refractivity contribution in [3.63, 3.8) is 0 Å². The van der Waals surface area contributed by atoms with Crippen LogP contribution in [0.5, 0.6) is 5.75 Å². The van der Waals surface area contributed by atoms with Gasteiger partial charge in [0.2, 0.25) is 0 Å². The first-order chi connectivity index (χ1) is 15.1. The number of nitrogens with zero attached hydrogens (tertiary/aromatic N) is 2. The largest absolute Gasteiger partial charge is 0.429 e. The number of halogens is 3. The van der Waals surface area contributed by atoms with E-state index < -0.39 is 17.6 Å². The molecule has 0 aliphatic heterocycles. The molecule has 0 bridgehead atoms. The topological polar surface area (TPSA) is 81.5 Å². The van der Waals surface area contributed by atoms with E-state index in [0.717, 1.165) is 11.6 Å². The number of amides is 1. The van der Waals surface area contributed by atoms with Crippen LogP contribution in [0.2, 0.25) is 0 Å². The number of hydrogen-bond donors (Lipinski definition) is 1. The minimum atomic E-state index is -3.59. The normalized spacial score (nSPS) is 12.4. The number of carbonyl (C=O) groups excluding carboxylic acids is 1. The summed E-state index contributed by atoms with van der Waals surface area (Å²) in [4.78, 5) is 22.4. The second-order valence-electron chi connectivity index (χ2n) is 6.53. The highest BCUT2D eigenvalue weighted by molar-refractivity contribution is 7.17. The molecule has 0 aromatic heterocycles. The van der Waals surface area contributed by atoms with E-state index in [1.807, 2.05) is 0 Å². The van der Waals surface area contributed by atoms with Crippen LogP contribution in [0.3, 0.4) is 0 Å².